The average Bonchev–Trinajstić information content (AvgIpc) is 2.74. The molecule has 0 aliphatic rings. The fraction of sp³-hybridized carbons (Fsp3) is 0.786. The number of likely N-dealkylation sites (N-methyl/N-ethyl adjacent to an activating group) is 1. The normalized spacial score (nSPS) is 12.9. The van der Waals surface area contributed by atoms with Crippen molar-refractivity contribution in [2.45, 2.75) is 52.6 Å². The first-order chi connectivity index (χ1) is 9.17. The third kappa shape index (κ3) is 4.58. The molecule has 1 unspecified atom stereocenters. The first-order valence-corrected chi connectivity index (χ1v) is 7.96. The van der Waals surface area contributed by atoms with Gasteiger partial charge in [-0.1, -0.05) is 6.92 Å². The Hall–Kier alpha value is -0.390. The average molecular weight is 332 g/mol. The van der Waals surface area contributed by atoms with Gasteiger partial charge in [-0.3, -0.25) is 4.68 Å². The van der Waals surface area contributed by atoms with Crippen LogP contribution in [0.2, 0.25) is 0 Å². The number of hydrogen-bond acceptors (Lipinski definition) is 3. The number of aromatic nitrogens is 2. The van der Waals surface area contributed by atoms with Gasteiger partial charge < -0.3 is 10.1 Å². The van der Waals surface area contributed by atoms with Gasteiger partial charge in [0, 0.05) is 32.2 Å². The van der Waals surface area contributed by atoms with Crippen molar-refractivity contribution < 1.29 is 4.74 Å². The number of halogens is 1. The van der Waals surface area contributed by atoms with Crippen molar-refractivity contribution in [1.82, 2.24) is 15.1 Å². The SMILES string of the molecule is CCOCCC(Cc1c(Br)c(CC)nn1CC)NC. The molecular formula is C14H26BrN3O. The first kappa shape index (κ1) is 16.7. The Kier molecular flexibility index (Phi) is 7.64. The van der Waals surface area contributed by atoms with Crippen molar-refractivity contribution in [3.8, 4) is 0 Å². The van der Waals surface area contributed by atoms with Crippen molar-refractivity contribution in [2.24, 2.45) is 0 Å². The van der Waals surface area contributed by atoms with Crippen molar-refractivity contribution in [3.05, 3.63) is 15.9 Å². The fourth-order valence-corrected chi connectivity index (χ4v) is 2.89. The summed E-state index contributed by atoms with van der Waals surface area (Å²) >= 11 is 3.70. The summed E-state index contributed by atoms with van der Waals surface area (Å²) < 4.78 is 8.72. The highest BCUT2D eigenvalue weighted by molar-refractivity contribution is 9.10. The van der Waals surface area contributed by atoms with Gasteiger partial charge in [0.25, 0.3) is 0 Å². The van der Waals surface area contributed by atoms with E-state index < -0.39 is 0 Å². The van der Waals surface area contributed by atoms with Crippen molar-refractivity contribution in [2.75, 3.05) is 20.3 Å². The van der Waals surface area contributed by atoms with Crippen LogP contribution in [0.4, 0.5) is 0 Å². The first-order valence-electron chi connectivity index (χ1n) is 7.16. The van der Waals surface area contributed by atoms with Crippen LogP contribution < -0.4 is 5.32 Å². The molecule has 1 atom stereocenters. The predicted octanol–water partition coefficient (Wildman–Crippen LogP) is 2.79. The summed E-state index contributed by atoms with van der Waals surface area (Å²) in [4.78, 5) is 0. The summed E-state index contributed by atoms with van der Waals surface area (Å²) in [5.41, 5.74) is 2.44. The van der Waals surface area contributed by atoms with Gasteiger partial charge in [0.05, 0.1) is 15.9 Å². The van der Waals surface area contributed by atoms with Crippen LogP contribution >= 0.6 is 15.9 Å². The van der Waals surface area contributed by atoms with E-state index in [1.54, 1.807) is 0 Å². The fourth-order valence-electron chi connectivity index (χ4n) is 2.16. The molecule has 0 fully saturated rings. The highest BCUT2D eigenvalue weighted by Crippen LogP contribution is 2.24. The summed E-state index contributed by atoms with van der Waals surface area (Å²) in [6.07, 6.45) is 2.96. The Morgan fingerprint density at radius 3 is 2.63 bits per heavy atom. The number of nitrogens with zero attached hydrogens (tertiary/aromatic N) is 2. The molecule has 1 N–H and O–H groups in total. The maximum Gasteiger partial charge on any atom is 0.0766 e. The lowest BCUT2D eigenvalue weighted by Gasteiger charge is -2.17. The molecule has 0 aromatic carbocycles. The minimum absolute atomic E-state index is 0.426. The molecule has 0 radical (unpaired) electrons. The second kappa shape index (κ2) is 8.72. The summed E-state index contributed by atoms with van der Waals surface area (Å²) in [6.45, 7) is 8.81. The van der Waals surface area contributed by atoms with Gasteiger partial charge in [0.2, 0.25) is 0 Å². The van der Waals surface area contributed by atoms with E-state index in [0.29, 0.717) is 6.04 Å². The molecule has 1 aromatic heterocycles. The molecule has 0 saturated carbocycles. The molecular weight excluding hydrogens is 306 g/mol. The summed E-state index contributed by atoms with van der Waals surface area (Å²) in [6, 6.07) is 0.426. The molecule has 0 bridgehead atoms. The topological polar surface area (TPSA) is 39.1 Å². The second-order valence-electron chi connectivity index (χ2n) is 4.55. The van der Waals surface area contributed by atoms with Crippen molar-refractivity contribution in [1.29, 1.82) is 0 Å². The molecule has 19 heavy (non-hydrogen) atoms. The lowest BCUT2D eigenvalue weighted by molar-refractivity contribution is 0.137. The monoisotopic (exact) mass is 331 g/mol. The molecule has 0 aliphatic heterocycles. The maximum absolute atomic E-state index is 5.44. The van der Waals surface area contributed by atoms with Crippen LogP contribution in [0.5, 0.6) is 0 Å². The van der Waals surface area contributed by atoms with E-state index in [9.17, 15) is 0 Å². The highest BCUT2D eigenvalue weighted by Gasteiger charge is 2.17. The van der Waals surface area contributed by atoms with Gasteiger partial charge in [-0.25, -0.2) is 0 Å². The minimum Gasteiger partial charge on any atom is -0.382 e. The molecule has 0 aliphatic carbocycles. The number of nitrogens with one attached hydrogen (secondary N) is 1. The molecule has 1 heterocycles. The third-order valence-electron chi connectivity index (χ3n) is 3.36. The Morgan fingerprint density at radius 2 is 2.11 bits per heavy atom. The van der Waals surface area contributed by atoms with Crippen LogP contribution in [0, 0.1) is 0 Å². The molecule has 0 amide bonds. The minimum atomic E-state index is 0.426. The second-order valence-corrected chi connectivity index (χ2v) is 5.35. The summed E-state index contributed by atoms with van der Waals surface area (Å²) in [5, 5.41) is 8.01. The van der Waals surface area contributed by atoms with Crippen molar-refractivity contribution >= 4 is 15.9 Å². The van der Waals surface area contributed by atoms with Crippen LogP contribution in [0.25, 0.3) is 0 Å². The number of rotatable bonds is 9. The zero-order valence-electron chi connectivity index (χ0n) is 12.5. The molecule has 4 nitrogen and oxygen atoms in total. The summed E-state index contributed by atoms with van der Waals surface area (Å²) in [7, 11) is 2.01. The maximum atomic E-state index is 5.44. The van der Waals surface area contributed by atoms with E-state index in [-0.39, 0.29) is 0 Å². The van der Waals surface area contributed by atoms with Gasteiger partial charge in [-0.05, 0) is 49.7 Å². The lowest BCUT2D eigenvalue weighted by Crippen LogP contribution is -2.30. The predicted molar refractivity (Wildman–Crippen MR) is 82.6 cm³/mol. The van der Waals surface area contributed by atoms with Gasteiger partial charge in [-0.2, -0.15) is 5.10 Å². The Morgan fingerprint density at radius 1 is 1.37 bits per heavy atom. The quantitative estimate of drug-likeness (QED) is 0.707. The van der Waals surface area contributed by atoms with E-state index >= 15 is 0 Å². The van der Waals surface area contributed by atoms with Crippen LogP contribution in [0.3, 0.4) is 0 Å². The van der Waals surface area contributed by atoms with Crippen LogP contribution in [0.1, 0.15) is 38.6 Å². The van der Waals surface area contributed by atoms with Gasteiger partial charge in [0.1, 0.15) is 0 Å². The molecule has 1 rings (SSSR count). The van der Waals surface area contributed by atoms with E-state index in [2.05, 4.69) is 44.9 Å². The summed E-state index contributed by atoms with van der Waals surface area (Å²) in [5.74, 6) is 0. The Bertz CT molecular complexity index is 379. The smallest absolute Gasteiger partial charge is 0.0766 e. The number of ether oxygens (including phenoxy) is 1. The van der Waals surface area contributed by atoms with Gasteiger partial charge in [0.15, 0.2) is 0 Å². The molecule has 5 heteroatoms. The Balaban J connectivity index is 2.75. The standard InChI is InChI=1S/C14H26BrN3O/c1-5-12-14(15)13(18(6-2)17-12)10-11(16-4)8-9-19-7-3/h11,16H,5-10H2,1-4H3. The molecule has 0 saturated heterocycles. The molecule has 0 spiro atoms. The van der Waals surface area contributed by atoms with E-state index in [1.807, 2.05) is 14.0 Å². The van der Waals surface area contributed by atoms with Gasteiger partial charge in [-0.15, -0.1) is 0 Å². The number of hydrogen-bond donors (Lipinski definition) is 1. The number of aryl methyl sites for hydroxylation is 2. The van der Waals surface area contributed by atoms with Crippen LogP contribution in [0.15, 0.2) is 4.47 Å². The van der Waals surface area contributed by atoms with E-state index in [1.165, 1.54) is 10.2 Å². The molecule has 1 aromatic rings. The largest absolute Gasteiger partial charge is 0.382 e. The van der Waals surface area contributed by atoms with Crippen LogP contribution in [-0.2, 0) is 24.1 Å². The zero-order chi connectivity index (χ0) is 14.3. The van der Waals surface area contributed by atoms with E-state index in [4.69, 9.17) is 4.74 Å². The van der Waals surface area contributed by atoms with Crippen LogP contribution in [-0.4, -0.2) is 36.1 Å². The van der Waals surface area contributed by atoms with Gasteiger partial charge >= 0.3 is 0 Å². The van der Waals surface area contributed by atoms with Crippen molar-refractivity contribution in [3.63, 3.8) is 0 Å². The Labute approximate surface area is 125 Å². The highest BCUT2D eigenvalue weighted by atomic mass is 79.9. The molecule has 110 valence electrons. The zero-order valence-corrected chi connectivity index (χ0v) is 14.1. The van der Waals surface area contributed by atoms with E-state index in [0.717, 1.165) is 44.7 Å². The lowest BCUT2D eigenvalue weighted by atomic mass is 10.1. The third-order valence-corrected chi connectivity index (χ3v) is 4.27.